The van der Waals surface area contributed by atoms with Gasteiger partial charge in [-0.25, -0.2) is 0 Å². The summed E-state index contributed by atoms with van der Waals surface area (Å²) in [6.07, 6.45) is 3.63. The number of halogens is 1. The van der Waals surface area contributed by atoms with E-state index in [0.717, 1.165) is 4.47 Å². The Morgan fingerprint density at radius 1 is 1.31 bits per heavy atom. The number of benzene rings is 1. The van der Waals surface area contributed by atoms with Crippen LogP contribution in [0.25, 0.3) is 0 Å². The highest BCUT2D eigenvalue weighted by Gasteiger charge is 2.35. The molecular formula is C25H31BrN4O5. The molecule has 2 aliphatic rings. The predicted octanol–water partition coefficient (Wildman–Crippen LogP) is 3.96. The zero-order chi connectivity index (χ0) is 25.2. The first-order valence-electron chi connectivity index (χ1n) is 11.7. The third-order valence-corrected chi connectivity index (χ3v) is 6.35. The molecule has 0 saturated carbocycles. The smallest absolute Gasteiger partial charge is 0.251 e. The highest BCUT2D eigenvalue weighted by atomic mass is 79.9. The molecule has 10 heteroatoms. The number of carbonyl (C=O) groups excluding carboxylic acids is 2. The second kappa shape index (κ2) is 10.5. The summed E-state index contributed by atoms with van der Waals surface area (Å²) in [6, 6.07) is 8.50. The van der Waals surface area contributed by atoms with Crippen LogP contribution in [0, 0.1) is 5.92 Å². The Bertz CT molecular complexity index is 1110. The molecule has 35 heavy (non-hydrogen) atoms. The Morgan fingerprint density at radius 3 is 2.77 bits per heavy atom. The second-order valence-electron chi connectivity index (χ2n) is 9.62. The van der Waals surface area contributed by atoms with Crippen molar-refractivity contribution in [1.29, 1.82) is 0 Å². The first-order chi connectivity index (χ1) is 16.6. The van der Waals surface area contributed by atoms with Crippen molar-refractivity contribution in [3.63, 3.8) is 0 Å². The van der Waals surface area contributed by atoms with Gasteiger partial charge in [-0.05, 0) is 54.2 Å². The van der Waals surface area contributed by atoms with Crippen LogP contribution < -0.4 is 10.1 Å². The molecule has 1 saturated heterocycles. The van der Waals surface area contributed by atoms with Crippen LogP contribution in [0.5, 0.6) is 5.75 Å². The zero-order valence-corrected chi connectivity index (χ0v) is 21.9. The monoisotopic (exact) mass is 546 g/mol. The van der Waals surface area contributed by atoms with Crippen LogP contribution in [0.4, 0.5) is 5.82 Å². The van der Waals surface area contributed by atoms with Gasteiger partial charge in [0.2, 0.25) is 5.91 Å². The lowest BCUT2D eigenvalue weighted by Gasteiger charge is -2.28. The van der Waals surface area contributed by atoms with Crippen molar-refractivity contribution in [3.8, 4) is 5.75 Å². The van der Waals surface area contributed by atoms with E-state index in [1.807, 2.05) is 52.0 Å². The lowest BCUT2D eigenvalue weighted by molar-refractivity contribution is -0.139. The Morgan fingerprint density at radius 2 is 2.09 bits per heavy atom. The molecule has 2 amide bonds. The van der Waals surface area contributed by atoms with Gasteiger partial charge in [0.1, 0.15) is 23.7 Å². The van der Waals surface area contributed by atoms with E-state index >= 15 is 0 Å². The van der Waals surface area contributed by atoms with Gasteiger partial charge in [-0.15, -0.1) is 0 Å². The van der Waals surface area contributed by atoms with Gasteiger partial charge in [0.05, 0.1) is 24.2 Å². The third kappa shape index (κ3) is 6.50. The standard InChI is InChI=1S/C25H31BrN4O5/c1-16(2)11-20(30-14-17(12-23(30)31)34-21-8-6-5-7-19(21)26)24(32)27-22-9-10-29(28-22)13-18-15-33-25(3,4)35-18/h5-10,12,16,18,20H,11,13-15H2,1-4H3,(H,27,28,32)/t18-,20+/m1/s1. The number of nitrogens with one attached hydrogen (secondary N) is 1. The molecule has 9 nitrogen and oxygen atoms in total. The lowest BCUT2D eigenvalue weighted by Crippen LogP contribution is -2.46. The fourth-order valence-corrected chi connectivity index (χ4v) is 4.50. The Balaban J connectivity index is 1.40. The van der Waals surface area contributed by atoms with Crippen LogP contribution >= 0.6 is 15.9 Å². The predicted molar refractivity (Wildman–Crippen MR) is 134 cm³/mol. The summed E-state index contributed by atoms with van der Waals surface area (Å²) in [7, 11) is 0. The summed E-state index contributed by atoms with van der Waals surface area (Å²) in [5, 5.41) is 7.32. The van der Waals surface area contributed by atoms with Gasteiger partial charge in [0, 0.05) is 18.3 Å². The molecule has 1 fully saturated rings. The Kier molecular flexibility index (Phi) is 7.63. The molecule has 2 aromatic rings. The normalized spacial score (nSPS) is 20.3. The van der Waals surface area contributed by atoms with E-state index in [-0.39, 0.29) is 30.4 Å². The van der Waals surface area contributed by atoms with Crippen molar-refractivity contribution in [2.75, 3.05) is 18.5 Å². The minimum Gasteiger partial charge on any atom is -0.458 e. The fraction of sp³-hybridized carbons (Fsp3) is 0.480. The van der Waals surface area contributed by atoms with Crippen LogP contribution in [0.3, 0.4) is 0 Å². The third-order valence-electron chi connectivity index (χ3n) is 5.69. The average molecular weight is 547 g/mol. The van der Waals surface area contributed by atoms with Crippen molar-refractivity contribution >= 4 is 33.6 Å². The highest BCUT2D eigenvalue weighted by molar-refractivity contribution is 9.10. The Labute approximate surface area is 213 Å². The summed E-state index contributed by atoms with van der Waals surface area (Å²) in [6.45, 7) is 9.01. The van der Waals surface area contributed by atoms with Crippen molar-refractivity contribution in [2.24, 2.45) is 5.92 Å². The molecule has 0 bridgehead atoms. The minimum atomic E-state index is -0.656. The highest BCUT2D eigenvalue weighted by Crippen LogP contribution is 2.28. The van der Waals surface area contributed by atoms with Crippen LogP contribution in [-0.4, -0.2) is 57.6 Å². The van der Waals surface area contributed by atoms with E-state index < -0.39 is 11.8 Å². The van der Waals surface area contributed by atoms with Crippen LogP contribution in [0.15, 0.2) is 52.8 Å². The van der Waals surface area contributed by atoms with E-state index in [9.17, 15) is 9.59 Å². The summed E-state index contributed by atoms with van der Waals surface area (Å²) >= 11 is 3.45. The van der Waals surface area contributed by atoms with Gasteiger partial charge in [0.15, 0.2) is 11.6 Å². The van der Waals surface area contributed by atoms with E-state index in [2.05, 4.69) is 26.3 Å². The number of para-hydroxylation sites is 1. The summed E-state index contributed by atoms with van der Waals surface area (Å²) < 4.78 is 19.9. The molecule has 188 valence electrons. The number of hydrogen-bond donors (Lipinski definition) is 1. The maximum absolute atomic E-state index is 13.3. The van der Waals surface area contributed by atoms with Gasteiger partial charge >= 0.3 is 0 Å². The summed E-state index contributed by atoms with van der Waals surface area (Å²) in [4.78, 5) is 27.6. The van der Waals surface area contributed by atoms with Crippen molar-refractivity contribution in [2.45, 2.75) is 58.6 Å². The van der Waals surface area contributed by atoms with Crippen molar-refractivity contribution < 1.29 is 23.8 Å². The van der Waals surface area contributed by atoms with E-state index in [1.165, 1.54) is 6.08 Å². The molecule has 0 aliphatic carbocycles. The molecular weight excluding hydrogens is 516 g/mol. The molecule has 0 unspecified atom stereocenters. The number of ether oxygens (including phenoxy) is 3. The minimum absolute atomic E-state index is 0.112. The number of hydrogen-bond acceptors (Lipinski definition) is 6. The molecule has 1 N–H and O–H groups in total. The van der Waals surface area contributed by atoms with Gasteiger partial charge in [-0.1, -0.05) is 26.0 Å². The molecule has 1 aromatic heterocycles. The second-order valence-corrected chi connectivity index (χ2v) is 10.5. The number of nitrogens with zero attached hydrogens (tertiary/aromatic N) is 3. The Hall–Kier alpha value is -2.69. The van der Waals surface area contributed by atoms with Crippen LogP contribution in [0.2, 0.25) is 0 Å². The molecule has 4 rings (SSSR count). The molecule has 2 aliphatic heterocycles. The lowest BCUT2D eigenvalue weighted by atomic mass is 10.0. The van der Waals surface area contributed by atoms with Gasteiger partial charge in [0.25, 0.3) is 5.91 Å². The summed E-state index contributed by atoms with van der Waals surface area (Å²) in [5.74, 6) is 0.597. The van der Waals surface area contributed by atoms with Crippen molar-refractivity contribution in [3.05, 3.63) is 52.8 Å². The van der Waals surface area contributed by atoms with Crippen molar-refractivity contribution in [1.82, 2.24) is 14.7 Å². The number of anilines is 1. The van der Waals surface area contributed by atoms with E-state index in [1.54, 1.807) is 21.8 Å². The van der Waals surface area contributed by atoms with E-state index in [0.29, 0.717) is 36.9 Å². The van der Waals surface area contributed by atoms with Gasteiger partial charge in [-0.2, -0.15) is 5.10 Å². The first-order valence-corrected chi connectivity index (χ1v) is 12.5. The van der Waals surface area contributed by atoms with Gasteiger partial charge < -0.3 is 24.4 Å². The maximum Gasteiger partial charge on any atom is 0.251 e. The maximum atomic E-state index is 13.3. The topological polar surface area (TPSA) is 94.9 Å². The number of carbonyl (C=O) groups is 2. The van der Waals surface area contributed by atoms with E-state index in [4.69, 9.17) is 14.2 Å². The summed E-state index contributed by atoms with van der Waals surface area (Å²) in [5.41, 5.74) is 0. The molecule has 0 radical (unpaired) electrons. The number of aromatic nitrogens is 2. The molecule has 0 spiro atoms. The van der Waals surface area contributed by atoms with Gasteiger partial charge in [-0.3, -0.25) is 14.3 Å². The van der Waals surface area contributed by atoms with Crippen LogP contribution in [0.1, 0.15) is 34.1 Å². The SMILES string of the molecule is CC(C)C[C@@H](C(=O)Nc1ccn(C[C@@H]2COC(C)(C)O2)n1)N1CC(Oc2ccccc2Br)=CC1=O. The number of rotatable bonds is 9. The molecule has 3 heterocycles. The molecule has 2 atom stereocenters. The molecule has 1 aromatic carbocycles. The largest absolute Gasteiger partial charge is 0.458 e. The zero-order valence-electron chi connectivity index (χ0n) is 20.4. The fourth-order valence-electron chi connectivity index (χ4n) is 4.13. The quantitative estimate of drug-likeness (QED) is 0.511. The number of amides is 2. The average Bonchev–Trinajstić information content (AvgIpc) is 3.46. The first kappa shape index (κ1) is 25.4. The van der Waals surface area contributed by atoms with Crippen LogP contribution in [-0.2, 0) is 25.6 Å².